The molecule has 1 heterocycles. The molecule has 1 aromatic heterocycles. The van der Waals surface area contributed by atoms with Crippen LogP contribution < -0.4 is 16.3 Å². The molecule has 4 N–H and O–H groups in total. The average molecular weight is 338 g/mol. The first kappa shape index (κ1) is 16.5. The predicted octanol–water partition coefficient (Wildman–Crippen LogP) is 2.00. The summed E-state index contributed by atoms with van der Waals surface area (Å²) in [6, 6.07) is 13.6. The topological polar surface area (TPSA) is 107 Å². The third kappa shape index (κ3) is 4.14. The summed E-state index contributed by atoms with van der Waals surface area (Å²) in [7, 11) is 0. The highest BCUT2D eigenvalue weighted by Crippen LogP contribution is 2.15. The second-order valence-electron chi connectivity index (χ2n) is 5.83. The van der Waals surface area contributed by atoms with Gasteiger partial charge in [-0.15, -0.1) is 0 Å². The second-order valence-corrected chi connectivity index (χ2v) is 5.83. The molecule has 2 aromatic carbocycles. The number of hydrogen-bond acceptors (Lipinski definition) is 3. The van der Waals surface area contributed by atoms with Crippen LogP contribution in [0.4, 0.5) is 5.69 Å². The molecule has 0 saturated carbocycles. The molecule has 25 heavy (non-hydrogen) atoms. The lowest BCUT2D eigenvalue weighted by atomic mass is 10.1. The van der Waals surface area contributed by atoms with Crippen molar-refractivity contribution in [2.24, 2.45) is 0 Å². The molecule has 3 aromatic rings. The van der Waals surface area contributed by atoms with Gasteiger partial charge < -0.3 is 20.6 Å². The van der Waals surface area contributed by atoms with E-state index in [4.69, 9.17) is 0 Å². The molecular weight excluding hydrogens is 320 g/mol. The highest BCUT2D eigenvalue weighted by Gasteiger charge is 2.13. The minimum atomic E-state index is -0.316. The van der Waals surface area contributed by atoms with E-state index in [1.54, 1.807) is 49.4 Å². The van der Waals surface area contributed by atoms with Gasteiger partial charge in [-0.3, -0.25) is 9.59 Å². The molecule has 0 unspecified atom stereocenters. The maximum Gasteiger partial charge on any atom is 0.323 e. The fourth-order valence-electron chi connectivity index (χ4n) is 2.55. The Labute approximate surface area is 143 Å². The van der Waals surface area contributed by atoms with Gasteiger partial charge in [0.15, 0.2) is 0 Å². The van der Waals surface area contributed by atoms with Crippen LogP contribution in [0, 0.1) is 0 Å². The Morgan fingerprint density at radius 2 is 1.76 bits per heavy atom. The van der Waals surface area contributed by atoms with E-state index in [-0.39, 0.29) is 30.0 Å². The van der Waals surface area contributed by atoms with Gasteiger partial charge in [0.2, 0.25) is 5.91 Å². The van der Waals surface area contributed by atoms with Crippen molar-refractivity contribution in [2.75, 3.05) is 5.32 Å². The second kappa shape index (κ2) is 7.04. The summed E-state index contributed by atoms with van der Waals surface area (Å²) >= 11 is 0. The summed E-state index contributed by atoms with van der Waals surface area (Å²) in [6.07, 6.45) is 0.139. The number of imidazole rings is 1. The summed E-state index contributed by atoms with van der Waals surface area (Å²) in [5.41, 5.74) is 2.13. The Bertz CT molecular complexity index is 959. The number of carbonyl (C=O) groups is 2. The van der Waals surface area contributed by atoms with Crippen molar-refractivity contribution in [3.8, 4) is 0 Å². The molecule has 3 rings (SSSR count). The summed E-state index contributed by atoms with van der Waals surface area (Å²) in [5.74, 6) is -0.440. The molecule has 0 aliphatic heterocycles. The fraction of sp³-hybridized carbons (Fsp3) is 0.167. The van der Waals surface area contributed by atoms with Gasteiger partial charge in [-0.2, -0.15) is 0 Å². The van der Waals surface area contributed by atoms with Crippen molar-refractivity contribution in [3.05, 3.63) is 64.6 Å². The predicted molar refractivity (Wildman–Crippen MR) is 95.5 cm³/mol. The number of rotatable bonds is 5. The lowest BCUT2D eigenvalue weighted by molar-refractivity contribution is -0.116. The third-order valence-electron chi connectivity index (χ3n) is 3.70. The molecule has 7 heteroatoms. The minimum absolute atomic E-state index is 0.139. The number of aromatic nitrogens is 2. The average Bonchev–Trinajstić information content (AvgIpc) is 2.94. The molecule has 2 amide bonds. The fourth-order valence-corrected chi connectivity index (χ4v) is 2.55. The van der Waals surface area contributed by atoms with Gasteiger partial charge in [0.05, 0.1) is 11.0 Å². The van der Waals surface area contributed by atoms with Crippen LogP contribution in [0.2, 0.25) is 0 Å². The number of H-pyrrole nitrogens is 2. The quantitative estimate of drug-likeness (QED) is 0.571. The maximum atomic E-state index is 12.1. The van der Waals surface area contributed by atoms with Gasteiger partial charge in [-0.1, -0.05) is 18.2 Å². The van der Waals surface area contributed by atoms with E-state index in [1.807, 2.05) is 6.07 Å². The van der Waals surface area contributed by atoms with E-state index in [0.717, 1.165) is 0 Å². The molecule has 0 aliphatic carbocycles. The van der Waals surface area contributed by atoms with Gasteiger partial charge >= 0.3 is 5.69 Å². The zero-order valence-corrected chi connectivity index (χ0v) is 13.6. The Morgan fingerprint density at radius 1 is 1.04 bits per heavy atom. The van der Waals surface area contributed by atoms with Gasteiger partial charge in [0.25, 0.3) is 5.91 Å². The Balaban J connectivity index is 1.57. The van der Waals surface area contributed by atoms with Gasteiger partial charge in [-0.05, 0) is 37.3 Å². The molecule has 1 atom stereocenters. The third-order valence-corrected chi connectivity index (χ3v) is 3.70. The Kier molecular flexibility index (Phi) is 4.65. The van der Waals surface area contributed by atoms with E-state index in [0.29, 0.717) is 22.3 Å². The molecule has 0 bridgehead atoms. The largest absolute Gasteiger partial charge is 0.349 e. The van der Waals surface area contributed by atoms with E-state index in [1.165, 1.54) is 0 Å². The summed E-state index contributed by atoms with van der Waals surface area (Å²) in [6.45, 7) is 1.77. The standard InChI is InChI=1S/C18H18N4O3/c1-11(19-17(24)12-5-3-2-4-6-12)9-16(23)20-13-7-8-14-15(10-13)22-18(25)21-14/h2-8,10-11H,9H2,1H3,(H,19,24)(H,20,23)(H2,21,22,25)/t11-/m0/s1. The van der Waals surface area contributed by atoms with Crippen LogP contribution >= 0.6 is 0 Å². The zero-order valence-electron chi connectivity index (χ0n) is 13.6. The van der Waals surface area contributed by atoms with Crippen molar-refractivity contribution < 1.29 is 9.59 Å². The van der Waals surface area contributed by atoms with E-state index >= 15 is 0 Å². The highest BCUT2D eigenvalue weighted by atomic mass is 16.2. The van der Waals surface area contributed by atoms with Crippen molar-refractivity contribution in [1.29, 1.82) is 0 Å². The minimum Gasteiger partial charge on any atom is -0.349 e. The molecule has 7 nitrogen and oxygen atoms in total. The lowest BCUT2D eigenvalue weighted by Gasteiger charge is -2.14. The SMILES string of the molecule is C[C@@H](CC(=O)Nc1ccc2[nH]c(=O)[nH]c2c1)NC(=O)c1ccccc1. The van der Waals surface area contributed by atoms with Gasteiger partial charge in [0.1, 0.15) is 0 Å². The van der Waals surface area contributed by atoms with Crippen molar-refractivity contribution in [2.45, 2.75) is 19.4 Å². The highest BCUT2D eigenvalue weighted by molar-refractivity contribution is 5.96. The Morgan fingerprint density at radius 3 is 2.52 bits per heavy atom. The van der Waals surface area contributed by atoms with E-state index < -0.39 is 0 Å². The van der Waals surface area contributed by atoms with Crippen molar-refractivity contribution in [1.82, 2.24) is 15.3 Å². The summed E-state index contributed by atoms with van der Waals surface area (Å²) in [4.78, 5) is 40.7. The molecule has 0 saturated heterocycles. The van der Waals surface area contributed by atoms with Crippen LogP contribution in [0.15, 0.2) is 53.3 Å². The van der Waals surface area contributed by atoms with Gasteiger partial charge in [-0.25, -0.2) is 4.79 Å². The number of nitrogens with one attached hydrogen (secondary N) is 4. The first-order chi connectivity index (χ1) is 12.0. The number of amides is 2. The first-order valence-corrected chi connectivity index (χ1v) is 7.89. The zero-order chi connectivity index (χ0) is 17.8. The van der Waals surface area contributed by atoms with Crippen LogP contribution in [0.1, 0.15) is 23.7 Å². The number of hydrogen-bond donors (Lipinski definition) is 4. The van der Waals surface area contributed by atoms with E-state index in [2.05, 4.69) is 20.6 Å². The molecule has 0 spiro atoms. The number of anilines is 1. The smallest absolute Gasteiger partial charge is 0.323 e. The summed E-state index contributed by atoms with van der Waals surface area (Å²) < 4.78 is 0. The number of carbonyl (C=O) groups excluding carboxylic acids is 2. The van der Waals surface area contributed by atoms with Crippen LogP contribution in [-0.2, 0) is 4.79 Å². The molecule has 0 fully saturated rings. The van der Waals surface area contributed by atoms with Crippen LogP contribution in [0.3, 0.4) is 0 Å². The first-order valence-electron chi connectivity index (χ1n) is 7.89. The number of aromatic amines is 2. The monoisotopic (exact) mass is 338 g/mol. The normalized spacial score (nSPS) is 11.9. The molecule has 0 radical (unpaired) electrons. The van der Waals surface area contributed by atoms with Crippen molar-refractivity contribution in [3.63, 3.8) is 0 Å². The molecule has 0 aliphatic rings. The summed E-state index contributed by atoms with van der Waals surface area (Å²) in [5, 5.41) is 5.55. The van der Waals surface area contributed by atoms with Crippen LogP contribution in [0.25, 0.3) is 11.0 Å². The van der Waals surface area contributed by atoms with E-state index in [9.17, 15) is 14.4 Å². The van der Waals surface area contributed by atoms with Crippen LogP contribution in [0.5, 0.6) is 0 Å². The Hall–Kier alpha value is -3.35. The maximum absolute atomic E-state index is 12.1. The number of fused-ring (bicyclic) bond motifs is 1. The van der Waals surface area contributed by atoms with Gasteiger partial charge in [0, 0.05) is 23.7 Å². The number of benzene rings is 2. The van der Waals surface area contributed by atoms with Crippen LogP contribution in [-0.4, -0.2) is 27.8 Å². The van der Waals surface area contributed by atoms with Crippen molar-refractivity contribution >= 4 is 28.5 Å². The lowest BCUT2D eigenvalue weighted by Crippen LogP contribution is -2.35. The molecular formula is C18H18N4O3. The molecule has 128 valence electrons.